The molecule has 3 rings (SSSR count). The summed E-state index contributed by atoms with van der Waals surface area (Å²) in [6, 6.07) is 14.5. The van der Waals surface area contributed by atoms with Gasteiger partial charge in [-0.2, -0.15) is 5.26 Å². The summed E-state index contributed by atoms with van der Waals surface area (Å²) >= 11 is 12.7. The van der Waals surface area contributed by atoms with Crippen molar-refractivity contribution in [1.29, 1.82) is 5.26 Å². The Kier molecular flexibility index (Phi) is 7.36. The first-order valence-electron chi connectivity index (χ1n) is 9.99. The summed E-state index contributed by atoms with van der Waals surface area (Å²) in [5.74, 6) is -0.720. The Hall–Kier alpha value is -2.55. The van der Waals surface area contributed by atoms with E-state index in [1.165, 1.54) is 0 Å². The van der Waals surface area contributed by atoms with Crippen molar-refractivity contribution in [1.82, 2.24) is 10.6 Å². The maximum Gasteiger partial charge on any atom is 0.253 e. The Balaban J connectivity index is 1.86. The molecule has 2 amide bonds. The van der Waals surface area contributed by atoms with Crippen LogP contribution in [0.1, 0.15) is 48.9 Å². The van der Waals surface area contributed by atoms with E-state index in [4.69, 9.17) is 28.5 Å². The Morgan fingerprint density at radius 3 is 2.33 bits per heavy atom. The van der Waals surface area contributed by atoms with Gasteiger partial charge in [-0.15, -0.1) is 0 Å². The minimum absolute atomic E-state index is 0.0935. The van der Waals surface area contributed by atoms with Crippen molar-refractivity contribution in [3.05, 3.63) is 58.1 Å². The smallest absolute Gasteiger partial charge is 0.253 e. The Bertz CT molecular complexity index is 977. The molecule has 0 aliphatic heterocycles. The second-order valence-electron chi connectivity index (χ2n) is 7.47. The number of hydrogen-bond donors (Lipinski definition) is 2. The second kappa shape index (κ2) is 9.97. The fraction of sp³-hybridized carbons (Fsp3) is 0.348. The van der Waals surface area contributed by atoms with Crippen LogP contribution in [0.25, 0.3) is 11.1 Å². The van der Waals surface area contributed by atoms with Crippen LogP contribution in [-0.2, 0) is 4.79 Å². The first-order chi connectivity index (χ1) is 14.5. The lowest BCUT2D eigenvalue weighted by atomic mass is 9.88. The van der Waals surface area contributed by atoms with Gasteiger partial charge in [-0.3, -0.25) is 9.59 Å². The van der Waals surface area contributed by atoms with Gasteiger partial charge in [-0.25, -0.2) is 0 Å². The van der Waals surface area contributed by atoms with E-state index in [2.05, 4.69) is 10.6 Å². The standard InChI is InChI=1S/C23H23Cl2N3O2/c24-19-8-4-3-7-17(19)16-9-10-18(20(25)15-16)21(29)28-23(22(30)27-14-13-26)11-5-1-2-6-12-23/h3-4,7-10,15H,1-2,5-6,11-12,14H2,(H,27,30)(H,28,29). The van der Waals surface area contributed by atoms with Crippen LogP contribution in [0.2, 0.25) is 10.0 Å². The van der Waals surface area contributed by atoms with E-state index in [0.29, 0.717) is 23.4 Å². The third-order valence-electron chi connectivity index (χ3n) is 5.47. The van der Waals surface area contributed by atoms with Crippen LogP contribution in [-0.4, -0.2) is 23.9 Å². The van der Waals surface area contributed by atoms with Crippen molar-refractivity contribution in [3.63, 3.8) is 0 Å². The number of carbonyl (C=O) groups is 2. The third kappa shape index (κ3) is 4.95. The number of benzene rings is 2. The average molecular weight is 444 g/mol. The zero-order valence-electron chi connectivity index (χ0n) is 16.5. The molecule has 0 atom stereocenters. The molecule has 1 aliphatic rings. The fourth-order valence-corrected chi connectivity index (χ4v) is 4.39. The predicted molar refractivity (Wildman–Crippen MR) is 118 cm³/mol. The molecule has 1 saturated carbocycles. The molecule has 2 aromatic rings. The first kappa shape index (κ1) is 22.1. The minimum Gasteiger partial charge on any atom is -0.341 e. The molecule has 156 valence electrons. The molecule has 0 radical (unpaired) electrons. The lowest BCUT2D eigenvalue weighted by molar-refractivity contribution is -0.127. The van der Waals surface area contributed by atoms with Crippen LogP contribution in [0.5, 0.6) is 0 Å². The van der Waals surface area contributed by atoms with Crippen LogP contribution in [0.15, 0.2) is 42.5 Å². The number of halogens is 2. The molecule has 0 bridgehead atoms. The van der Waals surface area contributed by atoms with Gasteiger partial charge in [0.25, 0.3) is 5.91 Å². The molecule has 0 spiro atoms. The fourth-order valence-electron chi connectivity index (χ4n) is 3.88. The van der Waals surface area contributed by atoms with E-state index in [9.17, 15) is 9.59 Å². The summed E-state index contributed by atoms with van der Waals surface area (Å²) in [5, 5.41) is 15.2. The molecule has 30 heavy (non-hydrogen) atoms. The monoisotopic (exact) mass is 443 g/mol. The topological polar surface area (TPSA) is 82.0 Å². The number of hydrogen-bond acceptors (Lipinski definition) is 3. The second-order valence-corrected chi connectivity index (χ2v) is 8.28. The molecule has 0 aromatic heterocycles. The molecule has 5 nitrogen and oxygen atoms in total. The maximum absolute atomic E-state index is 13.1. The summed E-state index contributed by atoms with van der Waals surface area (Å²) in [6.07, 6.45) is 4.75. The van der Waals surface area contributed by atoms with Gasteiger partial charge in [0, 0.05) is 10.6 Å². The minimum atomic E-state index is -1.03. The molecular formula is C23H23Cl2N3O2. The number of rotatable bonds is 5. The van der Waals surface area contributed by atoms with Gasteiger partial charge >= 0.3 is 0 Å². The van der Waals surface area contributed by atoms with E-state index in [0.717, 1.165) is 36.8 Å². The summed E-state index contributed by atoms with van der Waals surface area (Å²) in [7, 11) is 0. The van der Waals surface area contributed by atoms with Crippen molar-refractivity contribution in [2.24, 2.45) is 0 Å². The average Bonchev–Trinajstić information content (AvgIpc) is 2.98. The largest absolute Gasteiger partial charge is 0.341 e. The highest BCUT2D eigenvalue weighted by Gasteiger charge is 2.40. The summed E-state index contributed by atoms with van der Waals surface area (Å²) in [6.45, 7) is -0.0935. The van der Waals surface area contributed by atoms with Crippen LogP contribution in [0, 0.1) is 11.3 Å². The maximum atomic E-state index is 13.1. The zero-order chi connectivity index (χ0) is 21.6. The number of amides is 2. The van der Waals surface area contributed by atoms with Crippen LogP contribution in [0.3, 0.4) is 0 Å². The van der Waals surface area contributed by atoms with E-state index >= 15 is 0 Å². The third-order valence-corrected chi connectivity index (χ3v) is 6.11. The van der Waals surface area contributed by atoms with Gasteiger partial charge in [0.1, 0.15) is 12.1 Å². The predicted octanol–water partition coefficient (Wildman–Crippen LogP) is 5.12. The van der Waals surface area contributed by atoms with Gasteiger partial charge in [0.2, 0.25) is 5.91 Å². The molecule has 1 fully saturated rings. The van der Waals surface area contributed by atoms with Gasteiger partial charge in [0.05, 0.1) is 16.7 Å². The van der Waals surface area contributed by atoms with Gasteiger partial charge < -0.3 is 10.6 Å². The van der Waals surface area contributed by atoms with Crippen molar-refractivity contribution < 1.29 is 9.59 Å². The number of nitrogens with zero attached hydrogens (tertiary/aromatic N) is 1. The lowest BCUT2D eigenvalue weighted by Gasteiger charge is -2.32. The van der Waals surface area contributed by atoms with E-state index in [1.807, 2.05) is 24.3 Å². The van der Waals surface area contributed by atoms with Crippen LogP contribution < -0.4 is 10.6 Å². The van der Waals surface area contributed by atoms with E-state index in [1.54, 1.807) is 24.3 Å². The summed E-state index contributed by atoms with van der Waals surface area (Å²) in [4.78, 5) is 25.9. The van der Waals surface area contributed by atoms with Crippen molar-refractivity contribution >= 4 is 35.0 Å². The Labute approximate surface area is 186 Å². The van der Waals surface area contributed by atoms with Crippen LogP contribution in [0.4, 0.5) is 0 Å². The highest BCUT2D eigenvalue weighted by Crippen LogP contribution is 2.32. The highest BCUT2D eigenvalue weighted by molar-refractivity contribution is 6.35. The molecule has 0 unspecified atom stereocenters. The molecule has 2 N–H and O–H groups in total. The van der Waals surface area contributed by atoms with Crippen molar-refractivity contribution in [2.45, 2.75) is 44.1 Å². The first-order valence-corrected chi connectivity index (χ1v) is 10.7. The molecule has 0 heterocycles. The lowest BCUT2D eigenvalue weighted by Crippen LogP contribution is -2.58. The normalized spacial score (nSPS) is 15.5. The molecule has 7 heteroatoms. The van der Waals surface area contributed by atoms with Crippen molar-refractivity contribution in [2.75, 3.05) is 6.54 Å². The summed E-state index contributed by atoms with van der Waals surface area (Å²) < 4.78 is 0. The highest BCUT2D eigenvalue weighted by atomic mass is 35.5. The Morgan fingerprint density at radius 1 is 1.00 bits per heavy atom. The summed E-state index contributed by atoms with van der Waals surface area (Å²) in [5.41, 5.74) is 0.890. The number of nitriles is 1. The van der Waals surface area contributed by atoms with Gasteiger partial charge in [-0.05, 0) is 36.6 Å². The van der Waals surface area contributed by atoms with E-state index < -0.39 is 11.4 Å². The SMILES string of the molecule is N#CCNC(=O)C1(NC(=O)c2ccc(-c3ccccc3Cl)cc2Cl)CCCCCC1. The molecule has 0 saturated heterocycles. The quantitative estimate of drug-likeness (QED) is 0.496. The zero-order valence-corrected chi connectivity index (χ0v) is 18.0. The number of nitrogens with one attached hydrogen (secondary N) is 2. The Morgan fingerprint density at radius 2 is 1.70 bits per heavy atom. The van der Waals surface area contributed by atoms with E-state index in [-0.39, 0.29) is 17.5 Å². The molecular weight excluding hydrogens is 421 g/mol. The number of carbonyl (C=O) groups excluding carboxylic acids is 2. The van der Waals surface area contributed by atoms with Gasteiger partial charge in [0.15, 0.2) is 0 Å². The molecule has 1 aliphatic carbocycles. The molecule has 2 aromatic carbocycles. The van der Waals surface area contributed by atoms with Gasteiger partial charge in [-0.1, -0.05) is 73.2 Å². The van der Waals surface area contributed by atoms with Crippen molar-refractivity contribution in [3.8, 4) is 17.2 Å². The van der Waals surface area contributed by atoms with Crippen LogP contribution >= 0.6 is 23.2 Å².